The van der Waals surface area contributed by atoms with Crippen LogP contribution in [-0.2, 0) is 0 Å². The molecule has 104 valence electrons. The Morgan fingerprint density at radius 3 is 2.50 bits per heavy atom. The summed E-state index contributed by atoms with van der Waals surface area (Å²) in [5.74, 6) is 0. The molecule has 4 N–H and O–H groups in total. The van der Waals surface area contributed by atoms with Gasteiger partial charge in [0.2, 0.25) is 0 Å². The number of nitrogens with two attached hydrogens (primary N) is 1. The second kappa shape index (κ2) is 5.89. The molecule has 2 amide bonds. The molecular weight excluding hydrogens is 228 g/mol. The van der Waals surface area contributed by atoms with Gasteiger partial charge in [-0.25, -0.2) is 4.79 Å². The Balaban J connectivity index is 1.83. The molecule has 0 spiro atoms. The third-order valence-corrected chi connectivity index (χ3v) is 4.40. The largest absolute Gasteiger partial charge is 0.335 e. The Morgan fingerprint density at radius 1 is 1.33 bits per heavy atom. The maximum absolute atomic E-state index is 12.0. The number of nitrogens with one attached hydrogen (secondary N) is 2. The summed E-state index contributed by atoms with van der Waals surface area (Å²) in [5.41, 5.74) is 5.68. The first-order valence-electron chi connectivity index (χ1n) is 7.11. The van der Waals surface area contributed by atoms with Gasteiger partial charge < -0.3 is 21.3 Å². The van der Waals surface area contributed by atoms with Crippen LogP contribution < -0.4 is 16.4 Å². The number of hydrogen-bond donors (Lipinski definition) is 3. The van der Waals surface area contributed by atoms with Crippen molar-refractivity contribution in [2.24, 2.45) is 5.73 Å². The SMILES string of the molecule is CN1CCC(CN)(NC(=O)NC2CCCC2)CC1. The van der Waals surface area contributed by atoms with Gasteiger partial charge in [-0.3, -0.25) is 0 Å². The average Bonchev–Trinajstić information content (AvgIpc) is 2.85. The Hall–Kier alpha value is -0.810. The smallest absolute Gasteiger partial charge is 0.315 e. The lowest BCUT2D eigenvalue weighted by atomic mass is 9.88. The van der Waals surface area contributed by atoms with Crippen molar-refractivity contribution in [1.29, 1.82) is 0 Å². The van der Waals surface area contributed by atoms with Crippen molar-refractivity contribution in [3.63, 3.8) is 0 Å². The van der Waals surface area contributed by atoms with Crippen LogP contribution in [0.1, 0.15) is 38.5 Å². The molecule has 5 heteroatoms. The molecule has 1 saturated heterocycles. The lowest BCUT2D eigenvalue weighted by molar-refractivity contribution is 0.160. The highest BCUT2D eigenvalue weighted by atomic mass is 16.2. The molecule has 2 aliphatic rings. The number of hydrogen-bond acceptors (Lipinski definition) is 3. The first-order valence-corrected chi connectivity index (χ1v) is 7.11. The van der Waals surface area contributed by atoms with Crippen LogP contribution in [0.4, 0.5) is 4.79 Å². The molecule has 0 unspecified atom stereocenters. The van der Waals surface area contributed by atoms with E-state index in [1.807, 2.05) is 0 Å². The van der Waals surface area contributed by atoms with Gasteiger partial charge in [-0.15, -0.1) is 0 Å². The second-order valence-electron chi connectivity index (χ2n) is 5.87. The summed E-state index contributed by atoms with van der Waals surface area (Å²) in [7, 11) is 2.11. The highest BCUT2D eigenvalue weighted by Crippen LogP contribution is 2.21. The summed E-state index contributed by atoms with van der Waals surface area (Å²) < 4.78 is 0. The average molecular weight is 254 g/mol. The van der Waals surface area contributed by atoms with Crippen LogP contribution in [0.5, 0.6) is 0 Å². The predicted molar refractivity (Wildman–Crippen MR) is 72.4 cm³/mol. The maximum atomic E-state index is 12.0. The van der Waals surface area contributed by atoms with Crippen LogP contribution in [0.2, 0.25) is 0 Å². The number of carbonyl (C=O) groups excluding carboxylic acids is 1. The molecular formula is C13H26N4O. The molecule has 0 radical (unpaired) electrons. The van der Waals surface area contributed by atoms with E-state index in [0.717, 1.165) is 38.8 Å². The van der Waals surface area contributed by atoms with E-state index in [9.17, 15) is 4.79 Å². The summed E-state index contributed by atoms with van der Waals surface area (Å²) in [6.45, 7) is 2.53. The zero-order valence-electron chi connectivity index (χ0n) is 11.4. The minimum Gasteiger partial charge on any atom is -0.335 e. The lowest BCUT2D eigenvalue weighted by Crippen LogP contribution is -2.61. The normalized spacial score (nSPS) is 25.0. The number of urea groups is 1. The van der Waals surface area contributed by atoms with Crippen molar-refractivity contribution in [2.45, 2.75) is 50.1 Å². The van der Waals surface area contributed by atoms with Crippen LogP contribution >= 0.6 is 0 Å². The van der Waals surface area contributed by atoms with Crippen molar-refractivity contribution < 1.29 is 4.79 Å². The van der Waals surface area contributed by atoms with Crippen molar-refractivity contribution in [2.75, 3.05) is 26.7 Å². The number of rotatable bonds is 3. The van der Waals surface area contributed by atoms with Crippen molar-refractivity contribution >= 4 is 6.03 Å². The standard InChI is InChI=1S/C13H26N4O/c1-17-8-6-13(10-14,7-9-17)16-12(18)15-11-4-2-3-5-11/h11H,2-10,14H2,1H3,(H2,15,16,18). The molecule has 2 fully saturated rings. The van der Waals surface area contributed by atoms with Gasteiger partial charge in [-0.1, -0.05) is 12.8 Å². The van der Waals surface area contributed by atoms with E-state index in [1.54, 1.807) is 0 Å². The lowest BCUT2D eigenvalue weighted by Gasteiger charge is -2.40. The molecule has 1 saturated carbocycles. The maximum Gasteiger partial charge on any atom is 0.315 e. The Kier molecular flexibility index (Phi) is 4.45. The molecule has 0 atom stereocenters. The van der Waals surface area contributed by atoms with Crippen LogP contribution in [0.15, 0.2) is 0 Å². The fraction of sp³-hybridized carbons (Fsp3) is 0.923. The third-order valence-electron chi connectivity index (χ3n) is 4.40. The molecule has 18 heavy (non-hydrogen) atoms. The third kappa shape index (κ3) is 3.36. The summed E-state index contributed by atoms with van der Waals surface area (Å²) >= 11 is 0. The molecule has 0 aromatic heterocycles. The van der Waals surface area contributed by atoms with Crippen LogP contribution in [0.25, 0.3) is 0 Å². The fourth-order valence-electron chi connectivity index (χ4n) is 2.96. The van der Waals surface area contributed by atoms with Crippen molar-refractivity contribution in [3.8, 4) is 0 Å². The van der Waals surface area contributed by atoms with Gasteiger partial charge in [0.25, 0.3) is 0 Å². The summed E-state index contributed by atoms with van der Waals surface area (Å²) in [6, 6.07) is 0.336. The molecule has 5 nitrogen and oxygen atoms in total. The monoisotopic (exact) mass is 254 g/mol. The predicted octanol–water partition coefficient (Wildman–Crippen LogP) is 0.651. The minimum absolute atomic E-state index is 0.0306. The molecule has 0 bridgehead atoms. The van der Waals surface area contributed by atoms with Gasteiger partial charge in [0.1, 0.15) is 0 Å². The topological polar surface area (TPSA) is 70.4 Å². The van der Waals surface area contributed by atoms with Gasteiger partial charge in [0.15, 0.2) is 0 Å². The number of carbonyl (C=O) groups is 1. The fourth-order valence-corrected chi connectivity index (χ4v) is 2.96. The van der Waals surface area contributed by atoms with E-state index >= 15 is 0 Å². The highest BCUT2D eigenvalue weighted by Gasteiger charge is 2.34. The highest BCUT2D eigenvalue weighted by molar-refractivity contribution is 5.75. The van der Waals surface area contributed by atoms with Crippen LogP contribution in [0, 0.1) is 0 Å². The van der Waals surface area contributed by atoms with E-state index in [0.29, 0.717) is 12.6 Å². The summed E-state index contributed by atoms with van der Waals surface area (Å²) in [6.07, 6.45) is 6.59. The molecule has 0 aromatic rings. The van der Waals surface area contributed by atoms with Gasteiger partial charge in [-0.2, -0.15) is 0 Å². The Labute approximate surface area is 109 Å². The van der Waals surface area contributed by atoms with Crippen LogP contribution in [0.3, 0.4) is 0 Å². The molecule has 1 aliphatic carbocycles. The summed E-state index contributed by atoms with van der Waals surface area (Å²) in [4.78, 5) is 14.3. The van der Waals surface area contributed by atoms with Gasteiger partial charge in [-0.05, 0) is 32.7 Å². The Morgan fingerprint density at radius 2 is 1.94 bits per heavy atom. The second-order valence-corrected chi connectivity index (χ2v) is 5.87. The van der Waals surface area contributed by atoms with Crippen LogP contribution in [-0.4, -0.2) is 49.2 Å². The number of piperidine rings is 1. The van der Waals surface area contributed by atoms with E-state index in [-0.39, 0.29) is 11.6 Å². The minimum atomic E-state index is -0.199. The molecule has 0 aromatic carbocycles. The quantitative estimate of drug-likeness (QED) is 0.692. The zero-order chi connectivity index (χ0) is 13.0. The molecule has 1 heterocycles. The van der Waals surface area contributed by atoms with E-state index in [4.69, 9.17) is 5.73 Å². The van der Waals surface area contributed by atoms with Gasteiger partial charge in [0.05, 0.1) is 5.54 Å². The first kappa shape index (κ1) is 13.6. The van der Waals surface area contributed by atoms with Crippen molar-refractivity contribution in [1.82, 2.24) is 15.5 Å². The zero-order valence-corrected chi connectivity index (χ0v) is 11.4. The molecule has 2 rings (SSSR count). The van der Waals surface area contributed by atoms with Gasteiger partial charge >= 0.3 is 6.03 Å². The van der Waals surface area contributed by atoms with E-state index in [1.165, 1.54) is 12.8 Å². The number of amides is 2. The van der Waals surface area contributed by atoms with E-state index < -0.39 is 0 Å². The number of likely N-dealkylation sites (tertiary alicyclic amines) is 1. The van der Waals surface area contributed by atoms with Crippen molar-refractivity contribution in [3.05, 3.63) is 0 Å². The van der Waals surface area contributed by atoms with Gasteiger partial charge in [0, 0.05) is 25.7 Å². The molecule has 1 aliphatic heterocycles. The van der Waals surface area contributed by atoms with E-state index in [2.05, 4.69) is 22.6 Å². The summed E-state index contributed by atoms with van der Waals surface area (Å²) in [5, 5.41) is 6.21. The Bertz CT molecular complexity index is 281. The first-order chi connectivity index (χ1) is 8.63. The number of nitrogens with zero attached hydrogens (tertiary/aromatic N) is 1.